The maximum Gasteiger partial charge on any atom is 0.308 e. The zero-order chi connectivity index (χ0) is 17.6. The van der Waals surface area contributed by atoms with Gasteiger partial charge in [-0.25, -0.2) is 9.67 Å². The highest BCUT2D eigenvalue weighted by atomic mass is 16.4. The molecular formula is C17H22N4O3. The van der Waals surface area contributed by atoms with E-state index in [4.69, 9.17) is 0 Å². The molecule has 1 saturated heterocycles. The summed E-state index contributed by atoms with van der Waals surface area (Å²) in [5.41, 5.74) is 1.98. The lowest BCUT2D eigenvalue weighted by molar-refractivity contribution is -0.142. The Labute approximate surface area is 140 Å². The first-order valence-electron chi connectivity index (χ1n) is 8.20. The van der Waals surface area contributed by atoms with Gasteiger partial charge in [-0.3, -0.25) is 9.59 Å². The number of carboxylic acid groups (broad SMARTS) is 1. The van der Waals surface area contributed by atoms with Crippen molar-refractivity contribution >= 4 is 22.9 Å². The van der Waals surface area contributed by atoms with Crippen LogP contribution in [-0.4, -0.2) is 49.2 Å². The second kappa shape index (κ2) is 5.89. The summed E-state index contributed by atoms with van der Waals surface area (Å²) in [6.45, 7) is 8.13. The van der Waals surface area contributed by atoms with Crippen LogP contribution in [0.5, 0.6) is 0 Å². The molecule has 2 aromatic rings. The Morgan fingerprint density at radius 1 is 1.38 bits per heavy atom. The molecule has 0 spiro atoms. The van der Waals surface area contributed by atoms with E-state index in [2.05, 4.69) is 10.1 Å². The lowest BCUT2D eigenvalue weighted by Crippen LogP contribution is -2.37. The quantitative estimate of drug-likeness (QED) is 0.932. The largest absolute Gasteiger partial charge is 0.481 e. The number of aliphatic carboxylic acids is 1. The number of hydrogen-bond donors (Lipinski definition) is 1. The molecule has 1 aliphatic heterocycles. The van der Waals surface area contributed by atoms with Crippen molar-refractivity contribution in [2.75, 3.05) is 6.54 Å². The van der Waals surface area contributed by atoms with Crippen LogP contribution in [0.1, 0.15) is 49.3 Å². The second-order valence-corrected chi connectivity index (χ2v) is 6.70. The number of fused-ring (bicyclic) bond motifs is 1. The maximum atomic E-state index is 13.0. The van der Waals surface area contributed by atoms with Gasteiger partial charge in [-0.15, -0.1) is 0 Å². The summed E-state index contributed by atoms with van der Waals surface area (Å²) in [4.78, 5) is 30.5. The first-order chi connectivity index (χ1) is 11.3. The highest BCUT2D eigenvalue weighted by Crippen LogP contribution is 2.29. The molecule has 0 aromatic carbocycles. The summed E-state index contributed by atoms with van der Waals surface area (Å²) in [5, 5.41) is 14.3. The minimum atomic E-state index is -0.846. The van der Waals surface area contributed by atoms with Gasteiger partial charge < -0.3 is 10.0 Å². The summed E-state index contributed by atoms with van der Waals surface area (Å²) in [7, 11) is 0. The Hall–Kier alpha value is -2.44. The molecule has 2 unspecified atom stereocenters. The normalized spacial score (nSPS) is 21.0. The number of rotatable bonds is 3. The van der Waals surface area contributed by atoms with Crippen molar-refractivity contribution in [3.05, 3.63) is 23.5 Å². The lowest BCUT2D eigenvalue weighted by Gasteiger charge is -2.23. The molecule has 1 aliphatic rings. The highest BCUT2D eigenvalue weighted by Gasteiger charge is 2.39. The van der Waals surface area contributed by atoms with Gasteiger partial charge in [0.05, 0.1) is 23.1 Å². The summed E-state index contributed by atoms with van der Waals surface area (Å²) < 4.78 is 1.80. The smallest absolute Gasteiger partial charge is 0.308 e. The molecular weight excluding hydrogens is 308 g/mol. The molecule has 24 heavy (non-hydrogen) atoms. The predicted octanol–water partition coefficient (Wildman–Crippen LogP) is 2.26. The second-order valence-electron chi connectivity index (χ2n) is 6.70. The van der Waals surface area contributed by atoms with Gasteiger partial charge in [-0.2, -0.15) is 5.10 Å². The minimum absolute atomic E-state index is 0.141. The average molecular weight is 330 g/mol. The Balaban J connectivity index is 2.03. The topological polar surface area (TPSA) is 88.3 Å². The van der Waals surface area contributed by atoms with Crippen molar-refractivity contribution in [2.45, 2.75) is 46.2 Å². The van der Waals surface area contributed by atoms with E-state index < -0.39 is 11.9 Å². The maximum absolute atomic E-state index is 13.0. The van der Waals surface area contributed by atoms with Crippen LogP contribution >= 0.6 is 0 Å². The van der Waals surface area contributed by atoms with Crippen LogP contribution in [0.3, 0.4) is 0 Å². The molecule has 0 radical (unpaired) electrons. The molecule has 0 bridgehead atoms. The third-order valence-electron chi connectivity index (χ3n) is 4.75. The Bertz CT molecular complexity index is 812. The molecule has 128 valence electrons. The zero-order valence-corrected chi connectivity index (χ0v) is 14.4. The van der Waals surface area contributed by atoms with Gasteiger partial charge in [0.15, 0.2) is 5.65 Å². The van der Waals surface area contributed by atoms with Gasteiger partial charge in [0, 0.05) is 24.3 Å². The van der Waals surface area contributed by atoms with Crippen molar-refractivity contribution < 1.29 is 14.7 Å². The van der Waals surface area contributed by atoms with Gasteiger partial charge >= 0.3 is 5.97 Å². The first kappa shape index (κ1) is 16.4. The van der Waals surface area contributed by atoms with Crippen LogP contribution in [0.4, 0.5) is 0 Å². The fourth-order valence-electron chi connectivity index (χ4n) is 3.41. The molecule has 1 fully saturated rings. The van der Waals surface area contributed by atoms with Crippen molar-refractivity contribution in [1.82, 2.24) is 19.7 Å². The average Bonchev–Trinajstić information content (AvgIpc) is 3.09. The molecule has 7 heteroatoms. The highest BCUT2D eigenvalue weighted by molar-refractivity contribution is 6.06. The van der Waals surface area contributed by atoms with E-state index in [1.165, 1.54) is 0 Å². The van der Waals surface area contributed by atoms with Crippen LogP contribution in [0.15, 0.2) is 12.3 Å². The van der Waals surface area contributed by atoms with Crippen molar-refractivity contribution in [1.29, 1.82) is 0 Å². The van der Waals surface area contributed by atoms with Gasteiger partial charge in [0.1, 0.15) is 0 Å². The molecule has 3 heterocycles. The molecule has 2 atom stereocenters. The molecule has 7 nitrogen and oxygen atoms in total. The van der Waals surface area contributed by atoms with Crippen LogP contribution in [0.2, 0.25) is 0 Å². The molecule has 1 amide bonds. The summed E-state index contributed by atoms with van der Waals surface area (Å²) in [5.74, 6) is -1.50. The van der Waals surface area contributed by atoms with E-state index in [0.717, 1.165) is 5.69 Å². The van der Waals surface area contributed by atoms with Gasteiger partial charge in [-0.05, 0) is 40.2 Å². The molecule has 3 rings (SSSR count). The molecule has 2 aromatic heterocycles. The fourth-order valence-corrected chi connectivity index (χ4v) is 3.41. The summed E-state index contributed by atoms with van der Waals surface area (Å²) in [6, 6.07) is 1.58. The first-order valence-corrected chi connectivity index (χ1v) is 8.20. The van der Waals surface area contributed by atoms with E-state index in [-0.39, 0.29) is 18.0 Å². The third-order valence-corrected chi connectivity index (χ3v) is 4.75. The molecule has 0 aliphatic carbocycles. The minimum Gasteiger partial charge on any atom is -0.481 e. The number of amides is 1. The fraction of sp³-hybridized carbons (Fsp3) is 0.529. The monoisotopic (exact) mass is 330 g/mol. The van der Waals surface area contributed by atoms with Crippen molar-refractivity contribution in [2.24, 2.45) is 5.92 Å². The lowest BCUT2D eigenvalue weighted by atomic mass is 10.0. The van der Waals surface area contributed by atoms with Gasteiger partial charge in [0.25, 0.3) is 5.91 Å². The number of carboxylic acids is 1. The van der Waals surface area contributed by atoms with E-state index in [9.17, 15) is 14.7 Å². The Kier molecular flexibility index (Phi) is 4.03. The van der Waals surface area contributed by atoms with Crippen LogP contribution in [0.25, 0.3) is 11.0 Å². The third kappa shape index (κ3) is 2.53. The molecule has 1 N–H and O–H groups in total. The van der Waals surface area contributed by atoms with Crippen LogP contribution in [0, 0.1) is 12.8 Å². The SMILES string of the molecule is Cc1cc(C(=O)N2CCC(C(=O)O)C2C)c2cnn(C(C)C)c2n1. The van der Waals surface area contributed by atoms with E-state index in [0.29, 0.717) is 29.6 Å². The van der Waals surface area contributed by atoms with E-state index >= 15 is 0 Å². The van der Waals surface area contributed by atoms with E-state index in [1.807, 2.05) is 20.8 Å². The number of carbonyl (C=O) groups is 2. The van der Waals surface area contributed by atoms with Gasteiger partial charge in [-0.1, -0.05) is 0 Å². The molecule has 0 saturated carbocycles. The van der Waals surface area contributed by atoms with Gasteiger partial charge in [0.2, 0.25) is 0 Å². The predicted molar refractivity (Wildman–Crippen MR) is 88.9 cm³/mol. The summed E-state index contributed by atoms with van der Waals surface area (Å²) in [6.07, 6.45) is 2.16. The number of nitrogens with zero attached hydrogens (tertiary/aromatic N) is 4. The van der Waals surface area contributed by atoms with Crippen molar-refractivity contribution in [3.63, 3.8) is 0 Å². The number of likely N-dealkylation sites (tertiary alicyclic amines) is 1. The van der Waals surface area contributed by atoms with Crippen LogP contribution in [-0.2, 0) is 4.79 Å². The van der Waals surface area contributed by atoms with Crippen molar-refractivity contribution in [3.8, 4) is 0 Å². The number of aromatic nitrogens is 3. The zero-order valence-electron chi connectivity index (χ0n) is 14.4. The Morgan fingerprint density at radius 2 is 2.08 bits per heavy atom. The number of pyridine rings is 1. The number of carbonyl (C=O) groups excluding carboxylic acids is 1. The number of aryl methyl sites for hydroxylation is 1. The summed E-state index contributed by atoms with van der Waals surface area (Å²) >= 11 is 0. The Morgan fingerprint density at radius 3 is 2.67 bits per heavy atom. The standard InChI is InChI=1S/C17H22N4O3/c1-9(2)21-15-14(8-18-21)13(7-10(3)19-15)16(22)20-6-5-12(11(20)4)17(23)24/h7-9,11-12H,5-6H2,1-4H3,(H,23,24). The number of hydrogen-bond acceptors (Lipinski definition) is 4. The van der Waals surface area contributed by atoms with Crippen LogP contribution < -0.4 is 0 Å². The van der Waals surface area contributed by atoms with E-state index in [1.54, 1.807) is 28.8 Å².